The van der Waals surface area contributed by atoms with Gasteiger partial charge in [-0.15, -0.1) is 35.3 Å². The molecule has 1 aromatic heterocycles. The highest BCUT2D eigenvalue weighted by Crippen LogP contribution is 2.22. The summed E-state index contributed by atoms with van der Waals surface area (Å²) in [5.74, 6) is 0.889. The quantitative estimate of drug-likeness (QED) is 0.332. The van der Waals surface area contributed by atoms with Crippen LogP contribution in [0.5, 0.6) is 0 Å². The van der Waals surface area contributed by atoms with Gasteiger partial charge in [0.2, 0.25) is 0 Å². The van der Waals surface area contributed by atoms with Crippen LogP contribution in [0.2, 0.25) is 0 Å². The van der Waals surface area contributed by atoms with E-state index in [0.717, 1.165) is 44.1 Å². The van der Waals surface area contributed by atoms with Gasteiger partial charge < -0.3 is 20.4 Å². The van der Waals surface area contributed by atoms with Gasteiger partial charge in [0.05, 0.1) is 5.00 Å². The highest BCUT2D eigenvalue weighted by atomic mass is 127. The maximum atomic E-state index is 12.4. The van der Waals surface area contributed by atoms with Gasteiger partial charge in [-0.05, 0) is 48.6 Å². The number of amides is 1. The van der Waals surface area contributed by atoms with Gasteiger partial charge in [0.15, 0.2) is 5.96 Å². The summed E-state index contributed by atoms with van der Waals surface area (Å²) in [4.78, 5) is 21.5. The highest BCUT2D eigenvalue weighted by Gasteiger charge is 2.20. The standard InChI is InChI=1S/C22H31N5OS.HI/c1-4-17(2)25-21(28)19-8-5-7-18(15-19)16-24-22(23-3)27-12-10-26(11-13-27)20-9-6-14-29-20;/h5-9,14-15,17H,4,10-13,16H2,1-3H3,(H,23,24)(H,25,28);1H. The van der Waals surface area contributed by atoms with Crippen LogP contribution in [-0.4, -0.2) is 56.0 Å². The zero-order valence-electron chi connectivity index (χ0n) is 17.9. The summed E-state index contributed by atoms with van der Waals surface area (Å²) in [7, 11) is 1.82. The number of thiophene rings is 1. The average molecular weight is 542 g/mol. The van der Waals surface area contributed by atoms with Crippen LogP contribution in [0.3, 0.4) is 0 Å². The Morgan fingerprint density at radius 2 is 1.97 bits per heavy atom. The molecule has 0 aliphatic carbocycles. The number of piperazine rings is 1. The van der Waals surface area contributed by atoms with Crippen LogP contribution in [0, 0.1) is 0 Å². The van der Waals surface area contributed by atoms with Crippen molar-refractivity contribution in [1.29, 1.82) is 0 Å². The fourth-order valence-electron chi connectivity index (χ4n) is 3.33. The van der Waals surface area contributed by atoms with E-state index in [0.29, 0.717) is 12.1 Å². The van der Waals surface area contributed by atoms with E-state index in [9.17, 15) is 4.79 Å². The van der Waals surface area contributed by atoms with Gasteiger partial charge in [-0.3, -0.25) is 9.79 Å². The van der Waals surface area contributed by atoms with E-state index in [2.05, 4.69) is 49.9 Å². The first kappa shape index (κ1) is 24.5. The van der Waals surface area contributed by atoms with Gasteiger partial charge in [-0.1, -0.05) is 19.1 Å². The molecule has 1 saturated heterocycles. The topological polar surface area (TPSA) is 60.0 Å². The zero-order valence-corrected chi connectivity index (χ0v) is 21.1. The van der Waals surface area contributed by atoms with E-state index in [4.69, 9.17) is 0 Å². The van der Waals surface area contributed by atoms with Gasteiger partial charge in [-0.25, -0.2) is 0 Å². The second-order valence-electron chi connectivity index (χ2n) is 7.31. The van der Waals surface area contributed by atoms with E-state index in [1.165, 1.54) is 5.00 Å². The van der Waals surface area contributed by atoms with Gasteiger partial charge in [-0.2, -0.15) is 0 Å². The average Bonchev–Trinajstić information content (AvgIpc) is 3.29. The lowest BCUT2D eigenvalue weighted by Gasteiger charge is -2.37. The molecule has 8 heteroatoms. The minimum atomic E-state index is -0.0183. The van der Waals surface area contributed by atoms with E-state index >= 15 is 0 Å². The van der Waals surface area contributed by atoms with E-state index in [1.54, 1.807) is 11.3 Å². The van der Waals surface area contributed by atoms with E-state index in [-0.39, 0.29) is 35.9 Å². The lowest BCUT2D eigenvalue weighted by atomic mass is 10.1. The van der Waals surface area contributed by atoms with E-state index in [1.807, 2.05) is 38.2 Å². The number of nitrogens with zero attached hydrogens (tertiary/aromatic N) is 3. The first-order valence-corrected chi connectivity index (χ1v) is 11.1. The second kappa shape index (κ2) is 12.1. The molecule has 1 amide bonds. The molecule has 0 saturated carbocycles. The van der Waals surface area contributed by atoms with Gasteiger partial charge in [0, 0.05) is 51.4 Å². The number of anilines is 1. The monoisotopic (exact) mass is 541 g/mol. The Kier molecular flexibility index (Phi) is 9.90. The van der Waals surface area contributed by atoms with Crippen LogP contribution in [0.15, 0.2) is 46.8 Å². The van der Waals surface area contributed by atoms with Crippen molar-refractivity contribution >= 4 is 52.2 Å². The number of nitrogens with one attached hydrogen (secondary N) is 2. The van der Waals surface area contributed by atoms with Crippen LogP contribution in [0.25, 0.3) is 0 Å². The van der Waals surface area contributed by atoms with Crippen molar-refractivity contribution in [2.75, 3.05) is 38.1 Å². The fourth-order valence-corrected chi connectivity index (χ4v) is 4.12. The number of rotatable bonds is 6. The molecule has 0 bridgehead atoms. The van der Waals surface area contributed by atoms with Gasteiger partial charge in [0.1, 0.15) is 0 Å². The summed E-state index contributed by atoms with van der Waals surface area (Å²) in [5, 5.41) is 9.93. The van der Waals surface area contributed by atoms with Crippen molar-refractivity contribution in [1.82, 2.24) is 15.5 Å². The molecular weight excluding hydrogens is 509 g/mol. The Bertz CT molecular complexity index is 819. The molecule has 1 atom stereocenters. The number of guanidine groups is 1. The molecular formula is C22H32IN5OS. The van der Waals surface area contributed by atoms with Gasteiger partial charge >= 0.3 is 0 Å². The summed E-state index contributed by atoms with van der Waals surface area (Å²) in [5.41, 5.74) is 1.77. The molecule has 1 fully saturated rings. The third-order valence-corrected chi connectivity index (χ3v) is 6.17. The van der Waals surface area contributed by atoms with Crippen LogP contribution in [0.4, 0.5) is 5.00 Å². The van der Waals surface area contributed by atoms with Gasteiger partial charge in [0.25, 0.3) is 5.91 Å². The number of hydrogen-bond acceptors (Lipinski definition) is 4. The van der Waals surface area contributed by atoms with Crippen molar-refractivity contribution in [2.24, 2.45) is 4.99 Å². The van der Waals surface area contributed by atoms with Crippen LogP contribution in [0.1, 0.15) is 36.2 Å². The summed E-state index contributed by atoms with van der Waals surface area (Å²) in [6, 6.07) is 12.2. The minimum Gasteiger partial charge on any atom is -0.360 e. The molecule has 30 heavy (non-hydrogen) atoms. The van der Waals surface area contributed by atoms with E-state index < -0.39 is 0 Å². The number of carbonyl (C=O) groups excluding carboxylic acids is 1. The molecule has 2 aromatic rings. The lowest BCUT2D eigenvalue weighted by Crippen LogP contribution is -2.52. The van der Waals surface area contributed by atoms with Crippen molar-refractivity contribution in [3.63, 3.8) is 0 Å². The number of carbonyl (C=O) groups is 1. The first-order chi connectivity index (χ1) is 14.1. The third-order valence-electron chi connectivity index (χ3n) is 5.24. The normalized spacial score (nSPS) is 15.4. The van der Waals surface area contributed by atoms with Crippen molar-refractivity contribution < 1.29 is 4.79 Å². The molecule has 0 radical (unpaired) electrons. The summed E-state index contributed by atoms with van der Waals surface area (Å²) < 4.78 is 0. The number of benzene rings is 1. The first-order valence-electron chi connectivity index (χ1n) is 10.2. The highest BCUT2D eigenvalue weighted by molar-refractivity contribution is 14.0. The summed E-state index contributed by atoms with van der Waals surface area (Å²) in [6.07, 6.45) is 0.920. The Labute approximate surface area is 200 Å². The molecule has 1 unspecified atom stereocenters. The zero-order chi connectivity index (χ0) is 20.6. The van der Waals surface area contributed by atoms with Crippen molar-refractivity contribution in [3.05, 3.63) is 52.9 Å². The Morgan fingerprint density at radius 1 is 1.20 bits per heavy atom. The Balaban J connectivity index is 0.00000320. The van der Waals surface area contributed by atoms with Crippen molar-refractivity contribution in [3.8, 4) is 0 Å². The predicted molar refractivity (Wildman–Crippen MR) is 137 cm³/mol. The van der Waals surface area contributed by atoms with Crippen molar-refractivity contribution in [2.45, 2.75) is 32.9 Å². The van der Waals surface area contributed by atoms with Crippen LogP contribution in [-0.2, 0) is 6.54 Å². The molecule has 1 aromatic carbocycles. The molecule has 1 aliphatic heterocycles. The maximum absolute atomic E-state index is 12.4. The Morgan fingerprint density at radius 3 is 2.60 bits per heavy atom. The molecule has 1 aliphatic rings. The lowest BCUT2D eigenvalue weighted by molar-refractivity contribution is 0.0939. The smallest absolute Gasteiger partial charge is 0.251 e. The minimum absolute atomic E-state index is 0. The summed E-state index contributed by atoms with van der Waals surface area (Å²) >= 11 is 1.79. The largest absolute Gasteiger partial charge is 0.360 e. The molecule has 2 heterocycles. The molecule has 164 valence electrons. The summed E-state index contributed by atoms with van der Waals surface area (Å²) in [6.45, 7) is 8.59. The van der Waals surface area contributed by atoms with Crippen LogP contribution >= 0.6 is 35.3 Å². The molecule has 0 spiro atoms. The Hall–Kier alpha value is -1.81. The fraction of sp³-hybridized carbons (Fsp3) is 0.455. The SMILES string of the molecule is CCC(C)NC(=O)c1cccc(CNC(=NC)N2CCN(c3cccs3)CC2)c1.I. The maximum Gasteiger partial charge on any atom is 0.251 e. The molecule has 6 nitrogen and oxygen atoms in total. The number of aliphatic imine (C=N–C) groups is 1. The third kappa shape index (κ3) is 6.60. The second-order valence-corrected chi connectivity index (χ2v) is 8.24. The number of hydrogen-bond donors (Lipinski definition) is 2. The van der Waals surface area contributed by atoms with Crippen LogP contribution < -0.4 is 15.5 Å². The molecule has 3 rings (SSSR count). The predicted octanol–water partition coefficient (Wildman–Crippen LogP) is 3.79. The number of halogens is 1. The molecule has 2 N–H and O–H groups in total.